The second-order valence-corrected chi connectivity index (χ2v) is 3.85. The van der Waals surface area contributed by atoms with Crippen LogP contribution in [0.5, 0.6) is 0 Å². The molecule has 0 saturated heterocycles. The first-order valence-corrected chi connectivity index (χ1v) is 5.89. The maximum Gasteiger partial charge on any atom is 0.0374 e. The summed E-state index contributed by atoms with van der Waals surface area (Å²) in [6.45, 7) is 4.36. The highest BCUT2D eigenvalue weighted by Gasteiger charge is 2.03. The minimum absolute atomic E-state index is 0.242. The van der Waals surface area contributed by atoms with E-state index < -0.39 is 0 Å². The van der Waals surface area contributed by atoms with Crippen LogP contribution in [0.25, 0.3) is 10.4 Å². The van der Waals surface area contributed by atoms with Crippen molar-refractivity contribution in [2.75, 3.05) is 0 Å². The number of hydrogen-bond donors (Lipinski definition) is 0. The molecule has 0 amide bonds. The highest BCUT2D eigenvalue weighted by Crippen LogP contribution is 2.13. The van der Waals surface area contributed by atoms with E-state index in [4.69, 9.17) is 5.53 Å². The van der Waals surface area contributed by atoms with Crippen LogP contribution in [0.2, 0.25) is 0 Å². The van der Waals surface area contributed by atoms with Crippen molar-refractivity contribution in [3.8, 4) is 0 Å². The molecule has 0 aliphatic heterocycles. The van der Waals surface area contributed by atoms with Gasteiger partial charge in [0.2, 0.25) is 0 Å². The SMILES string of the molecule is CCCCCCCC(CCC)N=[N+]=[N-]. The summed E-state index contributed by atoms with van der Waals surface area (Å²) in [5, 5.41) is 3.81. The smallest absolute Gasteiger partial charge is 0.0374 e. The molecule has 0 saturated carbocycles. The zero-order valence-corrected chi connectivity index (χ0v) is 9.58. The summed E-state index contributed by atoms with van der Waals surface area (Å²) < 4.78 is 0. The van der Waals surface area contributed by atoms with E-state index in [-0.39, 0.29) is 6.04 Å². The monoisotopic (exact) mass is 197 g/mol. The molecule has 0 aromatic heterocycles. The Morgan fingerprint density at radius 3 is 2.29 bits per heavy atom. The van der Waals surface area contributed by atoms with E-state index in [0.29, 0.717) is 0 Å². The van der Waals surface area contributed by atoms with Gasteiger partial charge in [0.05, 0.1) is 0 Å². The van der Waals surface area contributed by atoms with Crippen LogP contribution in [0.3, 0.4) is 0 Å². The van der Waals surface area contributed by atoms with Crippen molar-refractivity contribution in [1.29, 1.82) is 0 Å². The molecule has 0 heterocycles. The molecular weight excluding hydrogens is 174 g/mol. The molecule has 0 N–H and O–H groups in total. The largest absolute Gasteiger partial charge is 0.0906 e. The van der Waals surface area contributed by atoms with Gasteiger partial charge in [0.1, 0.15) is 0 Å². The minimum atomic E-state index is 0.242. The van der Waals surface area contributed by atoms with Gasteiger partial charge in [-0.2, -0.15) is 0 Å². The molecule has 1 atom stereocenters. The third kappa shape index (κ3) is 7.93. The first-order chi connectivity index (χ1) is 6.85. The zero-order chi connectivity index (χ0) is 10.6. The Bertz CT molecular complexity index is 162. The van der Waals surface area contributed by atoms with E-state index in [0.717, 1.165) is 19.3 Å². The van der Waals surface area contributed by atoms with Gasteiger partial charge in [-0.15, -0.1) is 0 Å². The Labute approximate surface area is 87.5 Å². The normalized spacial score (nSPS) is 12.1. The van der Waals surface area contributed by atoms with Crippen LogP contribution in [0.4, 0.5) is 0 Å². The predicted octanol–water partition coefficient (Wildman–Crippen LogP) is 4.83. The van der Waals surface area contributed by atoms with E-state index in [9.17, 15) is 0 Å². The van der Waals surface area contributed by atoms with Gasteiger partial charge in [0.15, 0.2) is 0 Å². The first-order valence-electron chi connectivity index (χ1n) is 5.89. The Morgan fingerprint density at radius 1 is 1.00 bits per heavy atom. The summed E-state index contributed by atoms with van der Waals surface area (Å²) in [6, 6.07) is 0.242. The van der Waals surface area contributed by atoms with Crippen LogP contribution >= 0.6 is 0 Å². The molecule has 0 fully saturated rings. The molecular formula is C11H23N3. The van der Waals surface area contributed by atoms with E-state index in [1.807, 2.05) is 0 Å². The second kappa shape index (κ2) is 10.4. The number of hydrogen-bond acceptors (Lipinski definition) is 1. The van der Waals surface area contributed by atoms with Gasteiger partial charge < -0.3 is 0 Å². The van der Waals surface area contributed by atoms with Crippen LogP contribution in [0.1, 0.15) is 65.2 Å². The molecule has 0 aromatic carbocycles. The number of azide groups is 1. The molecule has 0 aromatic rings. The molecule has 3 nitrogen and oxygen atoms in total. The summed E-state index contributed by atoms with van der Waals surface area (Å²) in [6.07, 6.45) is 9.66. The average molecular weight is 197 g/mol. The van der Waals surface area contributed by atoms with Gasteiger partial charge in [-0.3, -0.25) is 0 Å². The number of rotatable bonds is 9. The lowest BCUT2D eigenvalue weighted by molar-refractivity contribution is 0.510. The van der Waals surface area contributed by atoms with E-state index >= 15 is 0 Å². The molecule has 14 heavy (non-hydrogen) atoms. The standard InChI is InChI=1S/C11H23N3/c1-3-5-6-7-8-10-11(9-4-2)13-14-12/h11H,3-10H2,1-2H3. The molecule has 0 spiro atoms. The van der Waals surface area contributed by atoms with Crippen LogP contribution in [0.15, 0.2) is 5.11 Å². The summed E-state index contributed by atoms with van der Waals surface area (Å²) in [7, 11) is 0. The lowest BCUT2D eigenvalue weighted by Crippen LogP contribution is -2.02. The Morgan fingerprint density at radius 2 is 1.71 bits per heavy atom. The fourth-order valence-electron chi connectivity index (χ4n) is 1.65. The molecule has 82 valence electrons. The fraction of sp³-hybridized carbons (Fsp3) is 1.00. The quantitative estimate of drug-likeness (QED) is 0.220. The van der Waals surface area contributed by atoms with Crippen molar-refractivity contribution < 1.29 is 0 Å². The lowest BCUT2D eigenvalue weighted by atomic mass is 10.0. The van der Waals surface area contributed by atoms with Crippen LogP contribution < -0.4 is 0 Å². The predicted molar refractivity (Wildman–Crippen MR) is 61.2 cm³/mol. The van der Waals surface area contributed by atoms with Gasteiger partial charge in [0, 0.05) is 11.0 Å². The second-order valence-electron chi connectivity index (χ2n) is 3.85. The van der Waals surface area contributed by atoms with Crippen LogP contribution in [0, 0.1) is 0 Å². The average Bonchev–Trinajstić information content (AvgIpc) is 2.18. The highest BCUT2D eigenvalue weighted by atomic mass is 15.1. The summed E-state index contributed by atoms with van der Waals surface area (Å²) in [4.78, 5) is 2.89. The summed E-state index contributed by atoms with van der Waals surface area (Å²) in [5.41, 5.74) is 8.36. The van der Waals surface area contributed by atoms with Crippen molar-refractivity contribution >= 4 is 0 Å². The van der Waals surface area contributed by atoms with Crippen molar-refractivity contribution in [3.05, 3.63) is 10.4 Å². The zero-order valence-electron chi connectivity index (χ0n) is 9.58. The van der Waals surface area contributed by atoms with Gasteiger partial charge in [-0.1, -0.05) is 57.5 Å². The maximum atomic E-state index is 8.36. The third-order valence-electron chi connectivity index (χ3n) is 2.48. The molecule has 0 radical (unpaired) electrons. The van der Waals surface area contributed by atoms with Gasteiger partial charge in [0.25, 0.3) is 0 Å². The van der Waals surface area contributed by atoms with Crippen molar-refractivity contribution in [2.45, 2.75) is 71.3 Å². The van der Waals surface area contributed by atoms with Crippen LogP contribution in [-0.4, -0.2) is 6.04 Å². The summed E-state index contributed by atoms with van der Waals surface area (Å²) in [5.74, 6) is 0. The van der Waals surface area contributed by atoms with E-state index in [2.05, 4.69) is 23.9 Å². The van der Waals surface area contributed by atoms with Crippen molar-refractivity contribution in [3.63, 3.8) is 0 Å². The van der Waals surface area contributed by atoms with E-state index in [1.165, 1.54) is 32.1 Å². The molecule has 0 aliphatic carbocycles. The molecule has 0 bridgehead atoms. The molecule has 3 heteroatoms. The van der Waals surface area contributed by atoms with Crippen LogP contribution in [-0.2, 0) is 0 Å². The molecule has 0 rings (SSSR count). The fourth-order valence-corrected chi connectivity index (χ4v) is 1.65. The minimum Gasteiger partial charge on any atom is -0.0906 e. The molecule has 1 unspecified atom stereocenters. The Kier molecular flexibility index (Phi) is 9.88. The highest BCUT2D eigenvalue weighted by molar-refractivity contribution is 4.66. The number of unbranched alkanes of at least 4 members (excludes halogenated alkanes) is 4. The van der Waals surface area contributed by atoms with Gasteiger partial charge in [-0.05, 0) is 18.4 Å². The first kappa shape index (κ1) is 13.3. The van der Waals surface area contributed by atoms with E-state index in [1.54, 1.807) is 0 Å². The Balaban J connectivity index is 3.45. The van der Waals surface area contributed by atoms with Gasteiger partial charge >= 0.3 is 0 Å². The topological polar surface area (TPSA) is 48.8 Å². The third-order valence-corrected chi connectivity index (χ3v) is 2.48. The lowest BCUT2D eigenvalue weighted by Gasteiger charge is -2.08. The van der Waals surface area contributed by atoms with Gasteiger partial charge in [-0.25, -0.2) is 0 Å². The van der Waals surface area contributed by atoms with Crippen molar-refractivity contribution in [1.82, 2.24) is 0 Å². The Hall–Kier alpha value is -0.690. The maximum absolute atomic E-state index is 8.36. The van der Waals surface area contributed by atoms with Crippen molar-refractivity contribution in [2.24, 2.45) is 5.11 Å². The molecule has 0 aliphatic rings. The number of nitrogens with zero attached hydrogens (tertiary/aromatic N) is 3. The summed E-state index contributed by atoms with van der Waals surface area (Å²) >= 11 is 0.